The molecule has 0 fully saturated rings. The minimum absolute atomic E-state index is 0.491. The molecular weight excluding hydrogens is 188 g/mol. The van der Waals surface area contributed by atoms with E-state index in [1.54, 1.807) is 0 Å². The van der Waals surface area contributed by atoms with Gasteiger partial charge in [0.05, 0.1) is 6.54 Å². The minimum atomic E-state index is 0.491. The highest BCUT2D eigenvalue weighted by atomic mass is 15.2. The van der Waals surface area contributed by atoms with Crippen molar-refractivity contribution >= 4 is 5.96 Å². The number of nitrogens with zero attached hydrogens (tertiary/aromatic N) is 2. The second-order valence-corrected chi connectivity index (χ2v) is 4.22. The summed E-state index contributed by atoms with van der Waals surface area (Å²) in [5.74, 6) is 0.968. The molecule has 4 heteroatoms. The predicted octanol–water partition coefficient (Wildman–Crippen LogP) is 0.186. The number of hydrogen-bond acceptors (Lipinski definition) is 4. The maximum Gasteiger partial charge on any atom is 0.191 e. The van der Waals surface area contributed by atoms with Crippen molar-refractivity contribution in [3.05, 3.63) is 12.2 Å². The van der Waals surface area contributed by atoms with Crippen LogP contribution in [0.2, 0.25) is 0 Å². The SMILES string of the molecule is CC1CN=C(NCCN2CC=CCC2)N1. The predicted molar refractivity (Wildman–Crippen MR) is 63.1 cm³/mol. The lowest BCUT2D eigenvalue weighted by Crippen LogP contribution is -2.42. The normalized spacial score (nSPS) is 26.2. The van der Waals surface area contributed by atoms with Crippen LogP contribution in [0.1, 0.15) is 13.3 Å². The summed E-state index contributed by atoms with van der Waals surface area (Å²) in [6.07, 6.45) is 5.70. The standard InChI is InChI=1S/C11H20N4/c1-10-9-13-11(14-10)12-5-8-15-6-3-2-4-7-15/h2-3,10H,4-9H2,1H3,(H2,12,13,14). The van der Waals surface area contributed by atoms with Crippen LogP contribution in [0, 0.1) is 0 Å². The molecule has 2 N–H and O–H groups in total. The minimum Gasteiger partial charge on any atom is -0.355 e. The van der Waals surface area contributed by atoms with Crippen molar-refractivity contribution in [3.8, 4) is 0 Å². The van der Waals surface area contributed by atoms with Gasteiger partial charge in [0.1, 0.15) is 0 Å². The summed E-state index contributed by atoms with van der Waals surface area (Å²) < 4.78 is 0. The molecule has 4 nitrogen and oxygen atoms in total. The van der Waals surface area contributed by atoms with Gasteiger partial charge in [-0.05, 0) is 13.3 Å². The van der Waals surface area contributed by atoms with Gasteiger partial charge in [-0.15, -0.1) is 0 Å². The largest absolute Gasteiger partial charge is 0.355 e. The van der Waals surface area contributed by atoms with Gasteiger partial charge in [0.25, 0.3) is 0 Å². The average molecular weight is 208 g/mol. The van der Waals surface area contributed by atoms with Gasteiger partial charge in [-0.25, -0.2) is 0 Å². The summed E-state index contributed by atoms with van der Waals surface area (Å²) in [6.45, 7) is 7.40. The lowest BCUT2D eigenvalue weighted by molar-refractivity contribution is 0.303. The molecule has 0 amide bonds. The first kappa shape index (κ1) is 10.5. The van der Waals surface area contributed by atoms with Gasteiger partial charge in [0, 0.05) is 32.2 Å². The molecule has 1 unspecified atom stereocenters. The quantitative estimate of drug-likeness (QED) is 0.650. The van der Waals surface area contributed by atoms with Gasteiger partial charge in [-0.2, -0.15) is 0 Å². The summed E-state index contributed by atoms with van der Waals surface area (Å²) in [5.41, 5.74) is 0. The Bertz CT molecular complexity index is 259. The van der Waals surface area contributed by atoms with Gasteiger partial charge >= 0.3 is 0 Å². The molecule has 2 aliphatic rings. The molecule has 2 aliphatic heterocycles. The van der Waals surface area contributed by atoms with Gasteiger partial charge in [0.15, 0.2) is 5.96 Å². The second kappa shape index (κ2) is 5.16. The number of guanidine groups is 1. The van der Waals surface area contributed by atoms with E-state index in [-0.39, 0.29) is 0 Å². The first-order valence-corrected chi connectivity index (χ1v) is 5.77. The topological polar surface area (TPSA) is 39.7 Å². The van der Waals surface area contributed by atoms with E-state index in [9.17, 15) is 0 Å². The van der Waals surface area contributed by atoms with Crippen LogP contribution in [0.3, 0.4) is 0 Å². The molecule has 0 bridgehead atoms. The zero-order chi connectivity index (χ0) is 10.5. The molecule has 0 aromatic rings. The van der Waals surface area contributed by atoms with Crippen molar-refractivity contribution in [2.75, 3.05) is 32.7 Å². The maximum absolute atomic E-state index is 4.36. The van der Waals surface area contributed by atoms with Gasteiger partial charge < -0.3 is 10.6 Å². The Morgan fingerprint density at radius 1 is 1.60 bits per heavy atom. The first-order chi connectivity index (χ1) is 7.34. The molecule has 0 aromatic heterocycles. The third kappa shape index (κ3) is 3.23. The monoisotopic (exact) mass is 208 g/mol. The third-order valence-corrected chi connectivity index (χ3v) is 2.77. The Morgan fingerprint density at radius 2 is 2.53 bits per heavy atom. The Morgan fingerprint density at radius 3 is 3.20 bits per heavy atom. The number of hydrogen-bond donors (Lipinski definition) is 2. The first-order valence-electron chi connectivity index (χ1n) is 5.77. The summed E-state index contributed by atoms with van der Waals surface area (Å²) in [6, 6.07) is 0.491. The van der Waals surface area contributed by atoms with Crippen molar-refractivity contribution < 1.29 is 0 Å². The molecule has 15 heavy (non-hydrogen) atoms. The van der Waals surface area contributed by atoms with Gasteiger partial charge in [-0.3, -0.25) is 9.89 Å². The lowest BCUT2D eigenvalue weighted by atomic mass is 10.2. The zero-order valence-corrected chi connectivity index (χ0v) is 9.37. The molecule has 2 heterocycles. The van der Waals surface area contributed by atoms with E-state index in [2.05, 4.69) is 39.6 Å². The number of aliphatic imine (C=N–C) groups is 1. The number of nitrogens with one attached hydrogen (secondary N) is 2. The molecule has 1 atom stereocenters. The fraction of sp³-hybridized carbons (Fsp3) is 0.727. The van der Waals surface area contributed by atoms with Crippen LogP contribution in [-0.4, -0.2) is 49.6 Å². The third-order valence-electron chi connectivity index (χ3n) is 2.77. The van der Waals surface area contributed by atoms with E-state index in [1.807, 2.05) is 0 Å². The van der Waals surface area contributed by atoms with Gasteiger partial charge in [0.2, 0.25) is 0 Å². The molecule has 0 saturated heterocycles. The van der Waals surface area contributed by atoms with E-state index in [0.29, 0.717) is 6.04 Å². The van der Waals surface area contributed by atoms with Crippen LogP contribution < -0.4 is 10.6 Å². The smallest absolute Gasteiger partial charge is 0.191 e. The van der Waals surface area contributed by atoms with Crippen LogP contribution in [-0.2, 0) is 0 Å². The molecule has 0 radical (unpaired) electrons. The Hall–Kier alpha value is -1.03. The maximum atomic E-state index is 4.36. The molecule has 84 valence electrons. The van der Waals surface area contributed by atoms with E-state index < -0.39 is 0 Å². The second-order valence-electron chi connectivity index (χ2n) is 4.22. The zero-order valence-electron chi connectivity index (χ0n) is 9.37. The summed E-state index contributed by atoms with van der Waals surface area (Å²) in [4.78, 5) is 6.81. The van der Waals surface area contributed by atoms with Crippen molar-refractivity contribution in [3.63, 3.8) is 0 Å². The summed E-state index contributed by atoms with van der Waals surface area (Å²) in [7, 11) is 0. The Kier molecular flexibility index (Phi) is 3.61. The molecule has 0 saturated carbocycles. The van der Waals surface area contributed by atoms with Crippen molar-refractivity contribution in [2.24, 2.45) is 4.99 Å². The van der Waals surface area contributed by atoms with Crippen molar-refractivity contribution in [2.45, 2.75) is 19.4 Å². The summed E-state index contributed by atoms with van der Waals surface area (Å²) >= 11 is 0. The lowest BCUT2D eigenvalue weighted by Gasteiger charge is -2.23. The van der Waals surface area contributed by atoms with Crippen LogP contribution in [0.5, 0.6) is 0 Å². The highest BCUT2D eigenvalue weighted by Gasteiger charge is 2.12. The van der Waals surface area contributed by atoms with Crippen LogP contribution in [0.25, 0.3) is 0 Å². The fourth-order valence-corrected chi connectivity index (χ4v) is 1.89. The molecule has 0 spiro atoms. The van der Waals surface area contributed by atoms with E-state index >= 15 is 0 Å². The van der Waals surface area contributed by atoms with E-state index in [1.165, 1.54) is 13.0 Å². The molecular formula is C11H20N4. The molecule has 0 aromatic carbocycles. The molecule has 0 aliphatic carbocycles. The molecule has 2 rings (SSSR count). The fourth-order valence-electron chi connectivity index (χ4n) is 1.89. The van der Waals surface area contributed by atoms with Crippen molar-refractivity contribution in [1.29, 1.82) is 0 Å². The van der Waals surface area contributed by atoms with Crippen molar-refractivity contribution in [1.82, 2.24) is 15.5 Å². The van der Waals surface area contributed by atoms with Crippen LogP contribution >= 0.6 is 0 Å². The number of rotatable bonds is 3. The van der Waals surface area contributed by atoms with Crippen LogP contribution in [0.4, 0.5) is 0 Å². The van der Waals surface area contributed by atoms with E-state index in [4.69, 9.17) is 0 Å². The van der Waals surface area contributed by atoms with Crippen LogP contribution in [0.15, 0.2) is 17.1 Å². The Labute approximate surface area is 91.4 Å². The summed E-state index contributed by atoms with van der Waals surface area (Å²) in [5, 5.41) is 6.63. The highest BCUT2D eigenvalue weighted by molar-refractivity contribution is 5.81. The van der Waals surface area contributed by atoms with Gasteiger partial charge in [-0.1, -0.05) is 12.2 Å². The highest BCUT2D eigenvalue weighted by Crippen LogP contribution is 1.99. The Balaban J connectivity index is 1.60. The average Bonchev–Trinajstić information content (AvgIpc) is 2.66. The van der Waals surface area contributed by atoms with E-state index in [0.717, 1.165) is 32.1 Å².